The number of anilines is 2. The number of nitrogens with one attached hydrogen (secondary N) is 1. The van der Waals surface area contributed by atoms with E-state index in [1.807, 2.05) is 0 Å². The number of aryl methyl sites for hydroxylation is 1. The van der Waals surface area contributed by atoms with E-state index in [0.29, 0.717) is 22.1 Å². The normalized spacial score (nSPS) is 13.9. The Morgan fingerprint density at radius 1 is 1.03 bits per heavy atom. The highest BCUT2D eigenvalue weighted by molar-refractivity contribution is 7.16. The summed E-state index contributed by atoms with van der Waals surface area (Å²) in [6.45, 7) is 0.575. The molecule has 0 radical (unpaired) electrons. The number of carbonyl (C=O) groups is 2. The maximum Gasteiger partial charge on any atom is 0.417 e. The minimum absolute atomic E-state index is 0.192. The lowest BCUT2D eigenvalue weighted by molar-refractivity contribution is -0.137. The minimum Gasteiger partial charge on any atom is -0.322 e. The van der Waals surface area contributed by atoms with Gasteiger partial charge >= 0.3 is 6.18 Å². The third kappa shape index (κ3) is 4.66. The maximum absolute atomic E-state index is 13.2. The number of thiophene rings is 1. The summed E-state index contributed by atoms with van der Waals surface area (Å²) >= 11 is 7.62. The molecular weight excluding hydrogens is 461 g/mol. The van der Waals surface area contributed by atoms with Crippen LogP contribution in [0.25, 0.3) is 0 Å². The van der Waals surface area contributed by atoms with Crippen LogP contribution in [0.5, 0.6) is 0 Å². The van der Waals surface area contributed by atoms with Gasteiger partial charge in [0.25, 0.3) is 11.8 Å². The number of rotatable bonds is 3. The molecule has 32 heavy (non-hydrogen) atoms. The number of nitrogens with zero attached hydrogens (tertiary/aromatic N) is 1. The molecule has 0 fully saturated rings. The summed E-state index contributed by atoms with van der Waals surface area (Å²) < 4.78 is 40.1. The number of fused-ring (bicyclic) bond motifs is 1. The average Bonchev–Trinajstić information content (AvgIpc) is 3.02. The average molecular weight is 479 g/mol. The van der Waals surface area contributed by atoms with Crippen LogP contribution in [0.2, 0.25) is 4.34 Å². The van der Waals surface area contributed by atoms with Gasteiger partial charge in [-0.15, -0.1) is 11.3 Å². The number of hydrogen-bond acceptors (Lipinski definition) is 3. The molecule has 3 aromatic rings. The van der Waals surface area contributed by atoms with Gasteiger partial charge in [0.2, 0.25) is 0 Å². The van der Waals surface area contributed by atoms with Gasteiger partial charge in [0.05, 0.1) is 21.2 Å². The van der Waals surface area contributed by atoms with Gasteiger partial charge in [0.1, 0.15) is 0 Å². The van der Waals surface area contributed by atoms with E-state index in [9.17, 15) is 22.8 Å². The molecule has 0 atom stereocenters. The van der Waals surface area contributed by atoms with E-state index in [-0.39, 0.29) is 5.91 Å². The first-order valence-electron chi connectivity index (χ1n) is 9.92. The van der Waals surface area contributed by atoms with Crippen molar-refractivity contribution in [1.29, 1.82) is 0 Å². The maximum atomic E-state index is 13.2. The van der Waals surface area contributed by atoms with Crippen molar-refractivity contribution in [3.8, 4) is 0 Å². The van der Waals surface area contributed by atoms with E-state index in [2.05, 4.69) is 5.32 Å². The molecule has 9 heteroatoms. The summed E-state index contributed by atoms with van der Waals surface area (Å²) in [7, 11) is 0. The molecular formula is C23H18ClF3N2O2S. The molecule has 4 rings (SSSR count). The Kier molecular flexibility index (Phi) is 6.26. The van der Waals surface area contributed by atoms with Crippen molar-refractivity contribution >= 4 is 46.1 Å². The van der Waals surface area contributed by atoms with Gasteiger partial charge in [-0.05, 0) is 61.7 Å². The van der Waals surface area contributed by atoms with Crippen LogP contribution < -0.4 is 10.2 Å². The zero-order valence-electron chi connectivity index (χ0n) is 16.7. The van der Waals surface area contributed by atoms with Crippen molar-refractivity contribution in [2.45, 2.75) is 25.4 Å². The van der Waals surface area contributed by atoms with Crippen molar-refractivity contribution in [2.24, 2.45) is 0 Å². The Hall–Kier alpha value is -2.84. The Morgan fingerprint density at radius 3 is 2.47 bits per heavy atom. The third-order valence-corrected chi connectivity index (χ3v) is 6.51. The highest BCUT2D eigenvalue weighted by atomic mass is 35.5. The molecule has 0 aliphatic carbocycles. The number of alkyl halides is 3. The van der Waals surface area contributed by atoms with Crippen molar-refractivity contribution < 1.29 is 22.8 Å². The van der Waals surface area contributed by atoms with Gasteiger partial charge in [-0.1, -0.05) is 23.7 Å². The molecule has 2 amide bonds. The summed E-state index contributed by atoms with van der Waals surface area (Å²) in [5.74, 6) is -1.06. The van der Waals surface area contributed by atoms with E-state index in [1.165, 1.54) is 35.6 Å². The number of hydrogen-bond donors (Lipinski definition) is 1. The van der Waals surface area contributed by atoms with Gasteiger partial charge in [-0.25, -0.2) is 0 Å². The van der Waals surface area contributed by atoms with Crippen LogP contribution in [0.15, 0.2) is 54.6 Å². The number of benzene rings is 2. The zero-order chi connectivity index (χ0) is 22.9. The van der Waals surface area contributed by atoms with Crippen LogP contribution >= 0.6 is 22.9 Å². The molecule has 0 unspecified atom stereocenters. The molecule has 1 aromatic heterocycles. The summed E-state index contributed by atoms with van der Waals surface area (Å²) in [5, 5.41) is 2.47. The Morgan fingerprint density at radius 2 is 1.75 bits per heavy atom. The van der Waals surface area contributed by atoms with Crippen molar-refractivity contribution in [2.75, 3.05) is 16.8 Å². The lowest BCUT2D eigenvalue weighted by Crippen LogP contribution is -2.31. The highest BCUT2D eigenvalue weighted by Gasteiger charge is 2.34. The van der Waals surface area contributed by atoms with E-state index >= 15 is 0 Å². The SMILES string of the molecule is O=C(Nc1ccc(C(=O)N2CCCCc3sc(Cl)cc32)cc1)c1ccccc1C(F)(F)F. The van der Waals surface area contributed by atoms with Crippen molar-refractivity contribution in [3.05, 3.63) is 80.5 Å². The quantitative estimate of drug-likeness (QED) is 0.458. The first-order valence-corrected chi connectivity index (χ1v) is 11.1. The van der Waals surface area contributed by atoms with Gasteiger partial charge in [0.15, 0.2) is 0 Å². The lowest BCUT2D eigenvalue weighted by atomic mass is 10.1. The minimum atomic E-state index is -4.64. The standard InChI is InChI=1S/C23H18ClF3N2O2S/c24-20-13-18-19(32-20)7-3-4-12-29(18)22(31)14-8-10-15(11-9-14)28-21(30)16-5-1-2-6-17(16)23(25,26)27/h1-2,5-6,8-11,13H,3-4,7,12H2,(H,28,30). The molecule has 1 aliphatic rings. The predicted octanol–water partition coefficient (Wildman–Crippen LogP) is 6.66. The second kappa shape index (κ2) is 8.96. The van der Waals surface area contributed by atoms with Crippen LogP contribution in [-0.2, 0) is 12.6 Å². The molecule has 2 heterocycles. The second-order valence-electron chi connectivity index (χ2n) is 7.35. The van der Waals surface area contributed by atoms with Crippen LogP contribution in [0.4, 0.5) is 24.5 Å². The molecule has 2 aromatic carbocycles. The summed E-state index contributed by atoms with van der Waals surface area (Å²) in [4.78, 5) is 28.3. The molecule has 0 saturated heterocycles. The van der Waals surface area contributed by atoms with Gasteiger partial charge in [0, 0.05) is 22.7 Å². The van der Waals surface area contributed by atoms with Gasteiger partial charge < -0.3 is 10.2 Å². The fourth-order valence-corrected chi connectivity index (χ4v) is 4.97. The molecule has 166 valence electrons. The first-order chi connectivity index (χ1) is 15.2. The Labute approximate surface area is 191 Å². The highest BCUT2D eigenvalue weighted by Crippen LogP contribution is 2.37. The van der Waals surface area contributed by atoms with Crippen molar-refractivity contribution in [1.82, 2.24) is 0 Å². The Bertz CT molecular complexity index is 1160. The number of amides is 2. The van der Waals surface area contributed by atoms with E-state index < -0.39 is 23.2 Å². The lowest BCUT2D eigenvalue weighted by Gasteiger charge is -2.21. The molecule has 0 spiro atoms. The van der Waals surface area contributed by atoms with E-state index in [4.69, 9.17) is 11.6 Å². The summed E-state index contributed by atoms with van der Waals surface area (Å²) in [6.07, 6.45) is -1.92. The molecule has 0 bridgehead atoms. The number of carbonyl (C=O) groups excluding carboxylic acids is 2. The second-order valence-corrected chi connectivity index (χ2v) is 9.12. The molecule has 1 N–H and O–H groups in total. The number of halogens is 4. The zero-order valence-corrected chi connectivity index (χ0v) is 18.3. The van der Waals surface area contributed by atoms with Crippen LogP contribution in [0.3, 0.4) is 0 Å². The van der Waals surface area contributed by atoms with Gasteiger partial charge in [-0.3, -0.25) is 9.59 Å². The molecule has 0 saturated carbocycles. The van der Waals surface area contributed by atoms with Crippen molar-refractivity contribution in [3.63, 3.8) is 0 Å². The first kappa shape index (κ1) is 22.4. The monoisotopic (exact) mass is 478 g/mol. The summed E-state index contributed by atoms with van der Waals surface area (Å²) in [5.41, 5.74) is 0.0541. The smallest absolute Gasteiger partial charge is 0.322 e. The molecule has 4 nitrogen and oxygen atoms in total. The van der Waals surface area contributed by atoms with Gasteiger partial charge in [-0.2, -0.15) is 13.2 Å². The largest absolute Gasteiger partial charge is 0.417 e. The Balaban J connectivity index is 1.52. The predicted molar refractivity (Wildman–Crippen MR) is 120 cm³/mol. The topological polar surface area (TPSA) is 49.4 Å². The fourth-order valence-electron chi connectivity index (χ4n) is 3.66. The summed E-state index contributed by atoms with van der Waals surface area (Å²) in [6, 6.07) is 12.5. The van der Waals surface area contributed by atoms with E-state index in [0.717, 1.165) is 42.0 Å². The molecule has 1 aliphatic heterocycles. The fraction of sp³-hybridized carbons (Fsp3) is 0.217. The third-order valence-electron chi connectivity index (χ3n) is 5.19. The van der Waals surface area contributed by atoms with E-state index in [1.54, 1.807) is 23.1 Å². The van der Waals surface area contributed by atoms with Crippen LogP contribution in [0, 0.1) is 0 Å². The van der Waals surface area contributed by atoms with Crippen LogP contribution in [0.1, 0.15) is 44.0 Å². The van der Waals surface area contributed by atoms with Crippen LogP contribution in [-0.4, -0.2) is 18.4 Å².